The summed E-state index contributed by atoms with van der Waals surface area (Å²) in [5.74, 6) is -0.516. The number of nitrogens with two attached hydrogens (primary N) is 1. The van der Waals surface area contributed by atoms with Gasteiger partial charge in [-0.2, -0.15) is 0 Å². The average Bonchev–Trinajstić information content (AvgIpc) is 2.35. The summed E-state index contributed by atoms with van der Waals surface area (Å²) in [7, 11) is 0. The fourth-order valence-electron chi connectivity index (χ4n) is 1.47. The first-order chi connectivity index (χ1) is 8.99. The molecule has 98 valence electrons. The monoisotopic (exact) mass is 296 g/mol. The molecule has 6 heteroatoms. The van der Waals surface area contributed by atoms with Crippen LogP contribution >= 0.6 is 23.8 Å². The summed E-state index contributed by atoms with van der Waals surface area (Å²) in [5, 5.41) is -0.0259. The van der Waals surface area contributed by atoms with Crippen LogP contribution in [0.2, 0.25) is 5.02 Å². The maximum Gasteiger partial charge on any atom is 0.229 e. The van der Waals surface area contributed by atoms with Gasteiger partial charge in [-0.05, 0) is 31.2 Å². The number of halogens is 2. The van der Waals surface area contributed by atoms with Gasteiger partial charge >= 0.3 is 0 Å². The molecule has 0 saturated heterocycles. The standard InChI is InChI=1S/C13H10ClFN2OS/c1-7-5-6-8(12(16)19)13(17-7)18-10-4-2-3-9(14)11(10)15/h2-6H,1H3,(H2,16,19). The van der Waals surface area contributed by atoms with Crippen molar-refractivity contribution in [3.8, 4) is 11.6 Å². The second-order valence-electron chi connectivity index (χ2n) is 3.82. The minimum atomic E-state index is -0.652. The van der Waals surface area contributed by atoms with Crippen LogP contribution in [0.1, 0.15) is 11.3 Å². The van der Waals surface area contributed by atoms with Crippen molar-refractivity contribution in [1.29, 1.82) is 0 Å². The number of aromatic nitrogens is 1. The number of nitrogens with zero attached hydrogens (tertiary/aromatic N) is 1. The van der Waals surface area contributed by atoms with Crippen LogP contribution in [0.15, 0.2) is 30.3 Å². The molecule has 0 aliphatic rings. The summed E-state index contributed by atoms with van der Waals surface area (Å²) in [5.41, 5.74) is 6.73. The number of thiocarbonyl (C=S) groups is 1. The summed E-state index contributed by atoms with van der Waals surface area (Å²) in [4.78, 5) is 4.29. The van der Waals surface area contributed by atoms with Crippen molar-refractivity contribution in [1.82, 2.24) is 4.98 Å². The third-order valence-electron chi connectivity index (χ3n) is 2.39. The van der Waals surface area contributed by atoms with E-state index in [1.54, 1.807) is 25.1 Å². The first-order valence-electron chi connectivity index (χ1n) is 5.38. The molecule has 0 fully saturated rings. The fourth-order valence-corrected chi connectivity index (χ4v) is 1.79. The second-order valence-corrected chi connectivity index (χ2v) is 4.67. The first-order valence-corrected chi connectivity index (χ1v) is 6.17. The Morgan fingerprint density at radius 3 is 2.79 bits per heavy atom. The molecular weight excluding hydrogens is 287 g/mol. The van der Waals surface area contributed by atoms with Crippen molar-refractivity contribution < 1.29 is 9.13 Å². The molecule has 1 heterocycles. The SMILES string of the molecule is Cc1ccc(C(N)=S)c(Oc2cccc(Cl)c2F)n1. The number of ether oxygens (including phenoxy) is 1. The van der Waals surface area contributed by atoms with Gasteiger partial charge in [-0.25, -0.2) is 9.37 Å². The summed E-state index contributed by atoms with van der Waals surface area (Å²) < 4.78 is 19.2. The lowest BCUT2D eigenvalue weighted by molar-refractivity contribution is 0.426. The zero-order valence-electron chi connectivity index (χ0n) is 9.98. The Kier molecular flexibility index (Phi) is 3.97. The zero-order chi connectivity index (χ0) is 14.0. The highest BCUT2D eigenvalue weighted by atomic mass is 35.5. The van der Waals surface area contributed by atoms with Gasteiger partial charge < -0.3 is 10.5 Å². The van der Waals surface area contributed by atoms with E-state index in [0.29, 0.717) is 11.3 Å². The van der Waals surface area contributed by atoms with Gasteiger partial charge in [0, 0.05) is 5.69 Å². The highest BCUT2D eigenvalue weighted by Crippen LogP contribution is 2.29. The van der Waals surface area contributed by atoms with Gasteiger partial charge in [0.15, 0.2) is 11.6 Å². The van der Waals surface area contributed by atoms with E-state index in [9.17, 15) is 4.39 Å². The van der Waals surface area contributed by atoms with E-state index in [1.807, 2.05) is 0 Å². The van der Waals surface area contributed by atoms with Crippen LogP contribution in [0.25, 0.3) is 0 Å². The number of pyridine rings is 1. The Morgan fingerprint density at radius 1 is 1.37 bits per heavy atom. The molecule has 0 aliphatic heterocycles. The topological polar surface area (TPSA) is 48.1 Å². The molecule has 2 rings (SSSR count). The third kappa shape index (κ3) is 3.00. The minimum Gasteiger partial charge on any atom is -0.435 e. The van der Waals surface area contributed by atoms with E-state index in [1.165, 1.54) is 12.1 Å². The Balaban J connectivity index is 2.45. The number of hydrogen-bond donors (Lipinski definition) is 1. The van der Waals surface area contributed by atoms with Crippen molar-refractivity contribution in [3.63, 3.8) is 0 Å². The van der Waals surface area contributed by atoms with Crippen LogP contribution in [0.3, 0.4) is 0 Å². The van der Waals surface area contributed by atoms with Crippen LogP contribution in [-0.4, -0.2) is 9.97 Å². The van der Waals surface area contributed by atoms with Crippen LogP contribution < -0.4 is 10.5 Å². The molecule has 0 saturated carbocycles. The van der Waals surface area contributed by atoms with Crippen LogP contribution in [0, 0.1) is 12.7 Å². The van der Waals surface area contributed by atoms with Crippen LogP contribution in [-0.2, 0) is 0 Å². The molecule has 0 atom stereocenters. The third-order valence-corrected chi connectivity index (χ3v) is 2.90. The van der Waals surface area contributed by atoms with E-state index in [-0.39, 0.29) is 21.6 Å². The fraction of sp³-hybridized carbons (Fsp3) is 0.0769. The van der Waals surface area contributed by atoms with Crippen molar-refractivity contribution in [2.24, 2.45) is 5.73 Å². The van der Waals surface area contributed by atoms with Gasteiger partial charge in [0.25, 0.3) is 0 Å². The molecular formula is C13H10ClFN2OS. The number of rotatable bonds is 3. The van der Waals surface area contributed by atoms with E-state index in [4.69, 9.17) is 34.3 Å². The molecule has 2 N–H and O–H groups in total. The molecule has 3 nitrogen and oxygen atoms in total. The lowest BCUT2D eigenvalue weighted by Crippen LogP contribution is -2.12. The van der Waals surface area contributed by atoms with Gasteiger partial charge in [-0.3, -0.25) is 0 Å². The highest BCUT2D eigenvalue weighted by molar-refractivity contribution is 7.80. The summed E-state index contributed by atoms with van der Waals surface area (Å²) in [6.07, 6.45) is 0. The molecule has 0 spiro atoms. The molecule has 1 aromatic heterocycles. The van der Waals surface area contributed by atoms with Crippen molar-refractivity contribution in [2.45, 2.75) is 6.92 Å². The van der Waals surface area contributed by atoms with Crippen LogP contribution in [0.4, 0.5) is 4.39 Å². The van der Waals surface area contributed by atoms with Crippen molar-refractivity contribution in [3.05, 3.63) is 52.4 Å². The quantitative estimate of drug-likeness (QED) is 0.879. The normalized spacial score (nSPS) is 10.3. The molecule has 0 bridgehead atoms. The molecule has 0 unspecified atom stereocenters. The van der Waals surface area contributed by atoms with E-state index in [0.717, 1.165) is 0 Å². The molecule has 1 aromatic carbocycles. The molecule has 0 aliphatic carbocycles. The maximum absolute atomic E-state index is 13.8. The molecule has 19 heavy (non-hydrogen) atoms. The van der Waals surface area contributed by atoms with Gasteiger partial charge in [0.05, 0.1) is 10.6 Å². The maximum atomic E-state index is 13.8. The second kappa shape index (κ2) is 5.50. The Bertz CT molecular complexity index is 649. The predicted octanol–water partition coefficient (Wildman–Crippen LogP) is 3.61. The van der Waals surface area contributed by atoms with E-state index in [2.05, 4.69) is 4.98 Å². The van der Waals surface area contributed by atoms with Gasteiger partial charge in [-0.1, -0.05) is 29.9 Å². The van der Waals surface area contributed by atoms with Gasteiger partial charge in [0.1, 0.15) is 4.99 Å². The van der Waals surface area contributed by atoms with E-state index < -0.39 is 5.82 Å². The highest BCUT2D eigenvalue weighted by Gasteiger charge is 2.13. The zero-order valence-corrected chi connectivity index (χ0v) is 11.6. The number of hydrogen-bond acceptors (Lipinski definition) is 3. The summed E-state index contributed by atoms with van der Waals surface area (Å²) in [6, 6.07) is 7.89. The minimum absolute atomic E-state index is 0.0249. The van der Waals surface area contributed by atoms with Crippen molar-refractivity contribution >= 4 is 28.8 Å². The smallest absolute Gasteiger partial charge is 0.229 e. The lowest BCUT2D eigenvalue weighted by Gasteiger charge is -2.10. The van der Waals surface area contributed by atoms with Crippen molar-refractivity contribution in [2.75, 3.05) is 0 Å². The molecule has 2 aromatic rings. The Labute approximate surface area is 120 Å². The summed E-state index contributed by atoms with van der Waals surface area (Å²) >= 11 is 10.6. The van der Waals surface area contributed by atoms with Gasteiger partial charge in [0.2, 0.25) is 5.88 Å². The number of aryl methyl sites for hydroxylation is 1. The predicted molar refractivity (Wildman–Crippen MR) is 76.3 cm³/mol. The lowest BCUT2D eigenvalue weighted by atomic mass is 10.2. The number of benzene rings is 1. The first kappa shape index (κ1) is 13.7. The van der Waals surface area contributed by atoms with Crippen LogP contribution in [0.5, 0.6) is 11.6 Å². The Morgan fingerprint density at radius 2 is 2.11 bits per heavy atom. The summed E-state index contributed by atoms with van der Waals surface area (Å²) in [6.45, 7) is 1.78. The van der Waals surface area contributed by atoms with E-state index >= 15 is 0 Å². The largest absolute Gasteiger partial charge is 0.435 e. The molecule has 0 amide bonds. The van der Waals surface area contributed by atoms with Gasteiger partial charge in [-0.15, -0.1) is 0 Å². The Hall–Kier alpha value is -1.72. The average molecular weight is 297 g/mol. The molecule has 0 radical (unpaired) electrons.